The number of amides is 2. The van der Waals surface area contributed by atoms with E-state index in [9.17, 15) is 14.7 Å². The van der Waals surface area contributed by atoms with Crippen LogP contribution in [0.2, 0.25) is 5.02 Å². The summed E-state index contributed by atoms with van der Waals surface area (Å²) < 4.78 is 5.08. The minimum Gasteiger partial charge on any atom is -0.375 e. The van der Waals surface area contributed by atoms with Gasteiger partial charge in [0.05, 0.1) is 16.7 Å². The van der Waals surface area contributed by atoms with Crippen LogP contribution in [0.5, 0.6) is 6.01 Å². The van der Waals surface area contributed by atoms with Gasteiger partial charge in [0.15, 0.2) is 5.72 Å². The fourth-order valence-electron chi connectivity index (χ4n) is 4.37. The molecule has 0 bridgehead atoms. The van der Waals surface area contributed by atoms with E-state index in [0.29, 0.717) is 49.6 Å². The van der Waals surface area contributed by atoms with E-state index in [4.69, 9.17) is 22.8 Å². The van der Waals surface area contributed by atoms with Crippen LogP contribution in [-0.2, 0) is 5.72 Å². The lowest BCUT2D eigenvalue weighted by Crippen LogP contribution is -2.45. The predicted octanol–water partition coefficient (Wildman–Crippen LogP) is 4.08. The highest BCUT2D eigenvalue weighted by atomic mass is 35.5. The third-order valence-corrected chi connectivity index (χ3v) is 6.28. The number of imidazole rings is 1. The van der Waals surface area contributed by atoms with Gasteiger partial charge in [-0.25, -0.2) is 4.79 Å². The van der Waals surface area contributed by atoms with E-state index in [1.807, 2.05) is 0 Å². The molecule has 4 aromatic rings. The van der Waals surface area contributed by atoms with Crippen LogP contribution in [0, 0.1) is 19.3 Å². The van der Waals surface area contributed by atoms with E-state index >= 15 is 0 Å². The molecule has 0 spiro atoms. The molecule has 9 heteroatoms. The number of nitrogens with one attached hydrogen (secondary N) is 2. The van der Waals surface area contributed by atoms with E-state index in [-0.39, 0.29) is 6.01 Å². The van der Waals surface area contributed by atoms with Crippen LogP contribution in [0.15, 0.2) is 54.6 Å². The van der Waals surface area contributed by atoms with Crippen molar-refractivity contribution in [3.63, 3.8) is 0 Å². The van der Waals surface area contributed by atoms with Gasteiger partial charge in [-0.1, -0.05) is 41.8 Å². The van der Waals surface area contributed by atoms with Gasteiger partial charge in [0, 0.05) is 34.3 Å². The minimum atomic E-state index is -1.88. The molecule has 1 aliphatic heterocycles. The lowest BCUT2D eigenvalue weighted by molar-refractivity contribution is 0.0703. The lowest BCUT2D eigenvalue weighted by Gasteiger charge is -2.36. The molecule has 1 aliphatic rings. The number of aromatic amines is 1. The zero-order valence-electron chi connectivity index (χ0n) is 18.7. The van der Waals surface area contributed by atoms with Gasteiger partial charge in [0.25, 0.3) is 5.91 Å². The molecule has 3 aromatic carbocycles. The largest absolute Gasteiger partial charge is 0.414 e. The van der Waals surface area contributed by atoms with Crippen molar-refractivity contribution in [2.45, 2.75) is 12.6 Å². The van der Waals surface area contributed by atoms with Crippen LogP contribution in [0.4, 0.5) is 10.5 Å². The summed E-state index contributed by atoms with van der Waals surface area (Å²) in [5, 5.41) is 15.0. The van der Waals surface area contributed by atoms with Crippen molar-refractivity contribution in [2.75, 3.05) is 11.9 Å². The maximum atomic E-state index is 13.7. The molecule has 2 heterocycles. The molecule has 5 rings (SSSR count). The number of aliphatic hydroxyl groups is 1. The third kappa shape index (κ3) is 3.41. The lowest BCUT2D eigenvalue weighted by atomic mass is 9.92. The van der Waals surface area contributed by atoms with Crippen LogP contribution in [0.3, 0.4) is 0 Å². The van der Waals surface area contributed by atoms with E-state index < -0.39 is 17.7 Å². The fraction of sp³-hybridized carbons (Fsp3) is 0.115. The first-order valence-corrected chi connectivity index (χ1v) is 11.0. The Bertz CT molecular complexity index is 1570. The van der Waals surface area contributed by atoms with Crippen molar-refractivity contribution in [1.29, 1.82) is 0 Å². The van der Waals surface area contributed by atoms with Crippen molar-refractivity contribution in [1.82, 2.24) is 15.3 Å². The number of carbonyl (C=O) groups excluding carboxylic acids is 2. The Morgan fingerprint density at radius 1 is 1.26 bits per heavy atom. The maximum absolute atomic E-state index is 13.7. The average Bonchev–Trinajstić information content (AvgIpc) is 3.36. The molecule has 35 heavy (non-hydrogen) atoms. The number of terminal acetylenes is 1. The number of aromatic nitrogens is 2. The number of benzene rings is 3. The Morgan fingerprint density at radius 2 is 2.03 bits per heavy atom. The summed E-state index contributed by atoms with van der Waals surface area (Å²) in [4.78, 5) is 33.7. The van der Waals surface area contributed by atoms with Gasteiger partial charge in [-0.3, -0.25) is 9.69 Å². The highest BCUT2D eigenvalue weighted by Gasteiger charge is 2.51. The molecule has 0 aliphatic carbocycles. The molecule has 1 unspecified atom stereocenters. The summed E-state index contributed by atoms with van der Waals surface area (Å²) in [6.45, 7) is 1.78. The van der Waals surface area contributed by atoms with Gasteiger partial charge >= 0.3 is 12.1 Å². The van der Waals surface area contributed by atoms with Gasteiger partial charge in [-0.05, 0) is 42.8 Å². The molecule has 0 saturated heterocycles. The number of nitrogens with zero attached hydrogens (tertiary/aromatic N) is 2. The Labute approximate surface area is 205 Å². The summed E-state index contributed by atoms with van der Waals surface area (Å²) in [5.74, 6) is 2.19. The molecule has 1 atom stereocenters. The van der Waals surface area contributed by atoms with Gasteiger partial charge in [-0.15, -0.1) is 6.42 Å². The highest BCUT2D eigenvalue weighted by Crippen LogP contribution is 2.47. The van der Waals surface area contributed by atoms with Gasteiger partial charge in [-0.2, -0.15) is 4.98 Å². The van der Waals surface area contributed by atoms with Crippen LogP contribution in [0.25, 0.3) is 11.0 Å². The van der Waals surface area contributed by atoms with Crippen molar-refractivity contribution in [2.24, 2.45) is 0 Å². The zero-order valence-corrected chi connectivity index (χ0v) is 19.5. The second-order valence-electron chi connectivity index (χ2n) is 8.01. The maximum Gasteiger partial charge on any atom is 0.414 e. The quantitative estimate of drug-likeness (QED) is 0.378. The first kappa shape index (κ1) is 22.5. The Hall–Kier alpha value is -4.32. The van der Waals surface area contributed by atoms with Crippen molar-refractivity contribution < 1.29 is 19.4 Å². The van der Waals surface area contributed by atoms with E-state index in [1.165, 1.54) is 11.9 Å². The molecule has 0 fully saturated rings. The monoisotopic (exact) mass is 486 g/mol. The molecule has 1 aromatic heterocycles. The smallest absolute Gasteiger partial charge is 0.375 e. The number of carbonyl (C=O) groups is 2. The number of hydrogen-bond donors (Lipinski definition) is 3. The van der Waals surface area contributed by atoms with Crippen LogP contribution >= 0.6 is 11.6 Å². The van der Waals surface area contributed by atoms with Gasteiger partial charge in [0.1, 0.15) is 0 Å². The predicted molar refractivity (Wildman–Crippen MR) is 132 cm³/mol. The number of H-pyrrole nitrogens is 1. The molecular formula is C26H19ClN4O4. The van der Waals surface area contributed by atoms with E-state index in [2.05, 4.69) is 21.2 Å². The van der Waals surface area contributed by atoms with Crippen LogP contribution < -0.4 is 15.0 Å². The summed E-state index contributed by atoms with van der Waals surface area (Å²) in [5.41, 5.74) is 1.81. The van der Waals surface area contributed by atoms with Crippen LogP contribution in [-0.4, -0.2) is 34.1 Å². The molecule has 3 N–H and O–H groups in total. The Morgan fingerprint density at radius 3 is 2.77 bits per heavy atom. The van der Waals surface area contributed by atoms with E-state index in [0.717, 1.165) is 0 Å². The van der Waals surface area contributed by atoms with Crippen molar-refractivity contribution >= 4 is 40.3 Å². The SMILES string of the molecule is C#Cc1cc(Cl)cc(N2C(=O)c3ccccc3C2(O)c2ccc3nc(OC(=O)NC)[nH]c3c2)c1C. The normalized spacial score (nSPS) is 16.8. The number of rotatable bonds is 3. The molecule has 2 amide bonds. The number of anilines is 1. The molecule has 8 nitrogen and oxygen atoms in total. The topological polar surface area (TPSA) is 108 Å². The number of hydrogen-bond acceptors (Lipinski definition) is 5. The van der Waals surface area contributed by atoms with Crippen LogP contribution in [0.1, 0.15) is 32.6 Å². The van der Waals surface area contributed by atoms with Gasteiger partial charge < -0.3 is 20.1 Å². The summed E-state index contributed by atoms with van der Waals surface area (Å²) in [6, 6.07) is 15.1. The number of fused-ring (bicyclic) bond motifs is 2. The Kier molecular flexibility index (Phi) is 5.24. The zero-order chi connectivity index (χ0) is 24.9. The molecule has 0 radical (unpaired) electrons. The summed E-state index contributed by atoms with van der Waals surface area (Å²) >= 11 is 6.34. The van der Waals surface area contributed by atoms with Crippen molar-refractivity contribution in [3.8, 4) is 18.4 Å². The minimum absolute atomic E-state index is 0.00686. The second kappa shape index (κ2) is 8.17. The molecular weight excluding hydrogens is 468 g/mol. The summed E-state index contributed by atoms with van der Waals surface area (Å²) in [7, 11) is 1.44. The van der Waals surface area contributed by atoms with Gasteiger partial charge in [0.2, 0.25) is 0 Å². The average molecular weight is 487 g/mol. The summed E-state index contributed by atoms with van der Waals surface area (Å²) in [6.07, 6.45) is 4.99. The molecule has 174 valence electrons. The second-order valence-corrected chi connectivity index (χ2v) is 8.45. The standard InChI is InChI=1S/C26H19ClN4O4/c1-4-15-11-17(27)13-22(14(15)2)31-23(32)18-7-5-6-8-19(18)26(31,34)16-9-10-20-21(12-16)30-24(29-20)35-25(33)28-3/h1,5-13,34H,2-3H3,(H,28,33)(H,29,30). The van der Waals surface area contributed by atoms with E-state index in [1.54, 1.807) is 61.5 Å². The third-order valence-electron chi connectivity index (χ3n) is 6.06. The highest BCUT2D eigenvalue weighted by molar-refractivity contribution is 6.31. The van der Waals surface area contributed by atoms with Crippen molar-refractivity contribution in [3.05, 3.63) is 87.4 Å². The first-order chi connectivity index (χ1) is 16.8. The Balaban J connectivity index is 1.73. The first-order valence-electron chi connectivity index (χ1n) is 10.6. The molecule has 0 saturated carbocycles. The number of ether oxygens (including phenoxy) is 1. The fourth-order valence-corrected chi connectivity index (χ4v) is 4.58. The number of halogens is 1.